The maximum atomic E-state index is 13.0. The molecule has 5 rings (SSSR count). The van der Waals surface area contributed by atoms with Crippen molar-refractivity contribution in [2.24, 2.45) is 0 Å². The number of rotatable bonds is 3. The SMILES string of the molecule is O=C(Cc1ccccc1)N1C[C@@H]2CC[C@H](N3CCCC3)[C@H]1CN2. The second kappa shape index (κ2) is 6.62. The highest BCUT2D eigenvalue weighted by molar-refractivity contribution is 5.79. The van der Waals surface area contributed by atoms with E-state index in [1.807, 2.05) is 18.2 Å². The number of likely N-dealkylation sites (tertiary alicyclic amines) is 1. The first-order chi connectivity index (χ1) is 11.3. The second-order valence-electron chi connectivity index (χ2n) is 7.27. The van der Waals surface area contributed by atoms with Gasteiger partial charge in [-0.2, -0.15) is 0 Å². The Bertz CT molecular complexity index is 541. The Balaban J connectivity index is 1.51. The van der Waals surface area contributed by atoms with Gasteiger partial charge in [-0.1, -0.05) is 30.3 Å². The van der Waals surface area contributed by atoms with Crippen LogP contribution in [-0.4, -0.2) is 60.0 Å². The summed E-state index contributed by atoms with van der Waals surface area (Å²) in [5, 5.41) is 3.66. The van der Waals surface area contributed by atoms with E-state index < -0.39 is 0 Å². The van der Waals surface area contributed by atoms with Crippen molar-refractivity contribution >= 4 is 5.91 Å². The summed E-state index contributed by atoms with van der Waals surface area (Å²) in [7, 11) is 0. The molecule has 4 saturated heterocycles. The summed E-state index contributed by atoms with van der Waals surface area (Å²) >= 11 is 0. The lowest BCUT2D eigenvalue weighted by molar-refractivity contribution is -0.135. The fourth-order valence-electron chi connectivity index (χ4n) is 4.59. The Morgan fingerprint density at radius 1 is 1.09 bits per heavy atom. The first-order valence-electron chi connectivity index (χ1n) is 9.12. The van der Waals surface area contributed by atoms with Crippen LogP contribution < -0.4 is 5.32 Å². The van der Waals surface area contributed by atoms with Crippen molar-refractivity contribution in [3.63, 3.8) is 0 Å². The number of hydrogen-bond acceptors (Lipinski definition) is 3. The van der Waals surface area contributed by atoms with Crippen molar-refractivity contribution < 1.29 is 4.79 Å². The summed E-state index contributed by atoms with van der Waals surface area (Å²) in [6.07, 6.45) is 5.61. The van der Waals surface area contributed by atoms with Gasteiger partial charge < -0.3 is 10.2 Å². The maximum absolute atomic E-state index is 13.0. The van der Waals surface area contributed by atoms with Crippen LogP contribution in [0.25, 0.3) is 0 Å². The van der Waals surface area contributed by atoms with Crippen LogP contribution in [0.3, 0.4) is 0 Å². The molecule has 124 valence electrons. The highest BCUT2D eigenvalue weighted by Crippen LogP contribution is 2.28. The first-order valence-corrected chi connectivity index (χ1v) is 9.12. The lowest BCUT2D eigenvalue weighted by Gasteiger charge is -2.42. The first kappa shape index (κ1) is 15.2. The van der Waals surface area contributed by atoms with Gasteiger partial charge in [0.1, 0.15) is 0 Å². The van der Waals surface area contributed by atoms with Crippen molar-refractivity contribution in [1.82, 2.24) is 15.1 Å². The number of nitrogens with zero attached hydrogens (tertiary/aromatic N) is 2. The molecule has 23 heavy (non-hydrogen) atoms. The Hall–Kier alpha value is -1.39. The molecule has 1 aromatic carbocycles. The van der Waals surface area contributed by atoms with Gasteiger partial charge in [0.05, 0.1) is 12.5 Å². The molecule has 4 aliphatic heterocycles. The number of hydrogen-bond donors (Lipinski definition) is 1. The van der Waals surface area contributed by atoms with E-state index in [1.165, 1.54) is 38.8 Å². The van der Waals surface area contributed by atoms with Gasteiger partial charge in [0.15, 0.2) is 0 Å². The summed E-state index contributed by atoms with van der Waals surface area (Å²) in [6, 6.07) is 11.6. The van der Waals surface area contributed by atoms with Crippen LogP contribution in [0.15, 0.2) is 30.3 Å². The van der Waals surface area contributed by atoms with Gasteiger partial charge in [-0.25, -0.2) is 0 Å². The maximum Gasteiger partial charge on any atom is 0.227 e. The van der Waals surface area contributed by atoms with Crippen LogP contribution in [0.5, 0.6) is 0 Å². The molecule has 4 heteroatoms. The van der Waals surface area contributed by atoms with Crippen molar-refractivity contribution in [2.75, 3.05) is 26.2 Å². The summed E-state index contributed by atoms with van der Waals surface area (Å²) in [5.74, 6) is 0.304. The van der Waals surface area contributed by atoms with Crippen molar-refractivity contribution in [1.29, 1.82) is 0 Å². The summed E-state index contributed by atoms with van der Waals surface area (Å²) in [6.45, 7) is 4.28. The quantitative estimate of drug-likeness (QED) is 0.922. The van der Waals surface area contributed by atoms with Crippen LogP contribution in [0.2, 0.25) is 0 Å². The van der Waals surface area contributed by atoms with Crippen LogP contribution in [0.4, 0.5) is 0 Å². The van der Waals surface area contributed by atoms with Crippen LogP contribution in [0.1, 0.15) is 31.2 Å². The predicted octanol–water partition coefficient (Wildman–Crippen LogP) is 1.66. The summed E-state index contributed by atoms with van der Waals surface area (Å²) in [5.41, 5.74) is 1.13. The van der Waals surface area contributed by atoms with E-state index in [-0.39, 0.29) is 0 Å². The van der Waals surface area contributed by atoms with Crippen molar-refractivity contribution in [2.45, 2.75) is 50.2 Å². The van der Waals surface area contributed by atoms with Crippen LogP contribution in [-0.2, 0) is 11.2 Å². The van der Waals surface area contributed by atoms with Gasteiger partial charge in [-0.15, -0.1) is 0 Å². The molecule has 0 aromatic heterocycles. The van der Waals surface area contributed by atoms with Crippen LogP contribution in [0, 0.1) is 0 Å². The van der Waals surface area contributed by atoms with Gasteiger partial charge in [-0.05, 0) is 44.3 Å². The van der Waals surface area contributed by atoms with Gasteiger partial charge >= 0.3 is 0 Å². The zero-order valence-electron chi connectivity index (χ0n) is 13.8. The van der Waals surface area contributed by atoms with Gasteiger partial charge in [0.2, 0.25) is 5.91 Å². The predicted molar refractivity (Wildman–Crippen MR) is 91.3 cm³/mol. The van der Waals surface area contributed by atoms with E-state index in [0.717, 1.165) is 18.7 Å². The number of fused-ring (bicyclic) bond motifs is 4. The van der Waals surface area contributed by atoms with Gasteiger partial charge in [0.25, 0.3) is 0 Å². The largest absolute Gasteiger partial charge is 0.335 e. The molecule has 0 saturated carbocycles. The van der Waals surface area contributed by atoms with Gasteiger partial charge in [0, 0.05) is 25.2 Å². The minimum absolute atomic E-state index is 0.304. The normalized spacial score (nSPS) is 31.3. The molecule has 1 N–H and O–H groups in total. The number of carbonyl (C=O) groups excluding carboxylic acids is 1. The molecular formula is C19H27N3O. The average Bonchev–Trinajstić information content (AvgIpc) is 2.96. The van der Waals surface area contributed by atoms with Gasteiger partial charge in [-0.3, -0.25) is 9.69 Å². The third-order valence-electron chi connectivity index (χ3n) is 5.82. The Morgan fingerprint density at radius 3 is 2.65 bits per heavy atom. The molecule has 1 amide bonds. The molecule has 0 radical (unpaired) electrons. The minimum Gasteiger partial charge on any atom is -0.335 e. The third-order valence-corrected chi connectivity index (χ3v) is 5.82. The second-order valence-corrected chi connectivity index (χ2v) is 7.27. The summed E-state index contributed by atoms with van der Waals surface area (Å²) < 4.78 is 0. The topological polar surface area (TPSA) is 35.6 Å². The molecule has 3 atom stereocenters. The van der Waals surface area contributed by atoms with E-state index in [2.05, 4.69) is 27.2 Å². The highest BCUT2D eigenvalue weighted by Gasteiger charge is 2.42. The van der Waals surface area contributed by atoms with E-state index in [9.17, 15) is 4.79 Å². The molecule has 4 heterocycles. The Morgan fingerprint density at radius 2 is 1.87 bits per heavy atom. The molecule has 2 bridgehead atoms. The molecule has 4 fully saturated rings. The monoisotopic (exact) mass is 313 g/mol. The number of benzene rings is 1. The molecule has 0 spiro atoms. The van der Waals surface area contributed by atoms with Crippen molar-refractivity contribution in [3.8, 4) is 0 Å². The number of carbonyl (C=O) groups is 1. The number of nitrogens with one attached hydrogen (secondary N) is 1. The lowest BCUT2D eigenvalue weighted by atomic mass is 10.0. The molecule has 0 unspecified atom stereocenters. The van der Waals surface area contributed by atoms with Crippen molar-refractivity contribution in [3.05, 3.63) is 35.9 Å². The Labute approximate surface area is 138 Å². The average molecular weight is 313 g/mol. The molecule has 4 nitrogen and oxygen atoms in total. The molecule has 1 aromatic rings. The van der Waals surface area contributed by atoms with E-state index in [1.54, 1.807) is 0 Å². The van der Waals surface area contributed by atoms with E-state index in [0.29, 0.717) is 30.5 Å². The molecule has 4 aliphatic rings. The summed E-state index contributed by atoms with van der Waals surface area (Å²) in [4.78, 5) is 17.8. The fraction of sp³-hybridized carbons (Fsp3) is 0.632. The van der Waals surface area contributed by atoms with Crippen LogP contribution >= 0.6 is 0 Å². The zero-order valence-corrected chi connectivity index (χ0v) is 13.8. The smallest absolute Gasteiger partial charge is 0.227 e. The zero-order chi connectivity index (χ0) is 15.6. The number of piperazine rings is 1. The highest BCUT2D eigenvalue weighted by atomic mass is 16.2. The third kappa shape index (κ3) is 3.15. The Kier molecular flexibility index (Phi) is 4.36. The van der Waals surface area contributed by atoms with E-state index >= 15 is 0 Å². The standard InChI is InChI=1S/C19H27N3O/c23-19(12-15-6-2-1-3-7-15)22-14-16-8-9-17(18(22)13-20-16)21-10-4-5-11-21/h1-3,6-7,16-18,20H,4-5,8-14H2/t16-,17-,18+/m0/s1. The minimum atomic E-state index is 0.304. The fourth-order valence-corrected chi connectivity index (χ4v) is 4.59. The molecular weight excluding hydrogens is 286 g/mol. The number of amides is 1. The lowest BCUT2D eigenvalue weighted by Crippen LogP contribution is -2.61. The van der Waals surface area contributed by atoms with E-state index in [4.69, 9.17) is 0 Å². The molecule has 0 aliphatic carbocycles.